The number of carbonyl (C=O) groups is 2. The molecule has 1 amide bonds. The zero-order chi connectivity index (χ0) is 13.1. The zero-order valence-corrected chi connectivity index (χ0v) is 9.92. The number of amides is 1. The molecule has 98 valence electrons. The van der Waals surface area contributed by atoms with Gasteiger partial charge < -0.3 is 9.84 Å². The third kappa shape index (κ3) is 2.33. The normalized spacial score (nSPS) is 19.3. The van der Waals surface area contributed by atoms with Crippen LogP contribution in [0.1, 0.15) is 24.0 Å². The maximum Gasteiger partial charge on any atom is 0.375 e. The molecule has 18 heavy (non-hydrogen) atoms. The summed E-state index contributed by atoms with van der Waals surface area (Å²) in [5.41, 5.74) is 0. The average molecular weight is 254 g/mol. The SMILES string of the molecule is CCOC(=O)c1nc(N2CC(CO)CC2=O)n[nH]1. The summed E-state index contributed by atoms with van der Waals surface area (Å²) in [7, 11) is 0. The Hall–Kier alpha value is -1.96. The Kier molecular flexibility index (Phi) is 3.56. The van der Waals surface area contributed by atoms with Crippen LogP contribution in [-0.4, -0.2) is 51.9 Å². The lowest BCUT2D eigenvalue weighted by molar-refractivity contribution is -0.117. The number of ether oxygens (including phenoxy) is 1. The Morgan fingerprint density at radius 3 is 3.06 bits per heavy atom. The summed E-state index contributed by atoms with van der Waals surface area (Å²) < 4.78 is 4.76. The van der Waals surface area contributed by atoms with Crippen LogP contribution in [0.5, 0.6) is 0 Å². The predicted molar refractivity (Wildman–Crippen MR) is 59.9 cm³/mol. The third-order valence-electron chi connectivity index (χ3n) is 2.65. The minimum absolute atomic E-state index is 0.0351. The van der Waals surface area contributed by atoms with E-state index in [0.29, 0.717) is 6.54 Å². The van der Waals surface area contributed by atoms with E-state index in [1.807, 2.05) is 0 Å². The highest BCUT2D eigenvalue weighted by atomic mass is 16.5. The molecule has 0 aromatic carbocycles. The first-order chi connectivity index (χ1) is 8.65. The van der Waals surface area contributed by atoms with Gasteiger partial charge in [-0.3, -0.25) is 14.8 Å². The molecule has 8 nitrogen and oxygen atoms in total. The van der Waals surface area contributed by atoms with E-state index < -0.39 is 5.97 Å². The Morgan fingerprint density at radius 2 is 2.44 bits per heavy atom. The molecule has 8 heteroatoms. The van der Waals surface area contributed by atoms with Crippen molar-refractivity contribution >= 4 is 17.8 Å². The lowest BCUT2D eigenvalue weighted by atomic mass is 10.1. The maximum atomic E-state index is 11.7. The van der Waals surface area contributed by atoms with Crippen molar-refractivity contribution in [3.05, 3.63) is 5.82 Å². The van der Waals surface area contributed by atoms with E-state index in [-0.39, 0.29) is 43.2 Å². The molecule has 1 saturated heterocycles. The molecule has 0 bridgehead atoms. The topological polar surface area (TPSA) is 108 Å². The lowest BCUT2D eigenvalue weighted by Crippen LogP contribution is -2.26. The molecule has 2 N–H and O–H groups in total. The second-order valence-electron chi connectivity index (χ2n) is 3.96. The van der Waals surface area contributed by atoms with Gasteiger partial charge in [0.15, 0.2) is 0 Å². The van der Waals surface area contributed by atoms with Crippen LogP contribution in [0.2, 0.25) is 0 Å². The second kappa shape index (κ2) is 5.13. The van der Waals surface area contributed by atoms with Crippen molar-refractivity contribution in [2.24, 2.45) is 5.92 Å². The first-order valence-corrected chi connectivity index (χ1v) is 5.66. The number of esters is 1. The van der Waals surface area contributed by atoms with Gasteiger partial charge in [0.05, 0.1) is 6.61 Å². The number of anilines is 1. The summed E-state index contributed by atoms with van der Waals surface area (Å²) >= 11 is 0. The van der Waals surface area contributed by atoms with Crippen LogP contribution in [0.25, 0.3) is 0 Å². The minimum Gasteiger partial charge on any atom is -0.460 e. The van der Waals surface area contributed by atoms with Gasteiger partial charge in [0.1, 0.15) is 0 Å². The van der Waals surface area contributed by atoms with E-state index in [0.717, 1.165) is 0 Å². The van der Waals surface area contributed by atoms with Crippen molar-refractivity contribution in [1.29, 1.82) is 0 Å². The largest absolute Gasteiger partial charge is 0.460 e. The Labute approximate surface area is 103 Å². The van der Waals surface area contributed by atoms with Crippen LogP contribution in [0.15, 0.2) is 0 Å². The summed E-state index contributed by atoms with van der Waals surface area (Å²) in [5.74, 6) is -0.779. The standard InChI is InChI=1S/C10H14N4O4/c1-2-18-9(17)8-11-10(13-12-8)14-4-6(5-15)3-7(14)16/h6,15H,2-5H2,1H3,(H,11,12,13). The van der Waals surface area contributed by atoms with Gasteiger partial charge in [-0.15, -0.1) is 5.10 Å². The molecule has 2 heterocycles. The summed E-state index contributed by atoms with van der Waals surface area (Å²) in [4.78, 5) is 28.3. The van der Waals surface area contributed by atoms with Crippen molar-refractivity contribution in [1.82, 2.24) is 15.2 Å². The summed E-state index contributed by atoms with van der Waals surface area (Å²) in [5, 5.41) is 15.2. The molecule has 0 radical (unpaired) electrons. The van der Waals surface area contributed by atoms with Crippen LogP contribution in [0, 0.1) is 5.92 Å². The van der Waals surface area contributed by atoms with Crippen molar-refractivity contribution in [2.45, 2.75) is 13.3 Å². The van der Waals surface area contributed by atoms with Crippen LogP contribution in [0.4, 0.5) is 5.95 Å². The molecule has 2 rings (SSSR count). The molecule has 0 saturated carbocycles. The van der Waals surface area contributed by atoms with Gasteiger partial charge in [-0.1, -0.05) is 0 Å². The van der Waals surface area contributed by atoms with Crippen molar-refractivity contribution < 1.29 is 19.4 Å². The van der Waals surface area contributed by atoms with Gasteiger partial charge in [0.25, 0.3) is 5.95 Å². The highest BCUT2D eigenvalue weighted by Gasteiger charge is 2.32. The number of aromatic nitrogens is 3. The number of aromatic amines is 1. The number of hydrogen-bond donors (Lipinski definition) is 2. The fourth-order valence-corrected chi connectivity index (χ4v) is 1.76. The van der Waals surface area contributed by atoms with Crippen LogP contribution in [0.3, 0.4) is 0 Å². The smallest absolute Gasteiger partial charge is 0.375 e. The Morgan fingerprint density at radius 1 is 1.67 bits per heavy atom. The van der Waals surface area contributed by atoms with Gasteiger partial charge in [-0.25, -0.2) is 4.79 Å². The first-order valence-electron chi connectivity index (χ1n) is 5.66. The van der Waals surface area contributed by atoms with Gasteiger partial charge >= 0.3 is 5.97 Å². The molecule has 0 spiro atoms. The number of H-pyrrole nitrogens is 1. The predicted octanol–water partition coefficient (Wildman–Crippen LogP) is -0.673. The molecule has 1 aromatic heterocycles. The molecule has 1 aliphatic heterocycles. The van der Waals surface area contributed by atoms with E-state index >= 15 is 0 Å². The van der Waals surface area contributed by atoms with Gasteiger partial charge in [0.2, 0.25) is 11.7 Å². The molecule has 1 aromatic rings. The fourth-order valence-electron chi connectivity index (χ4n) is 1.76. The Balaban J connectivity index is 2.11. The Bertz CT molecular complexity index is 458. The highest BCUT2D eigenvalue weighted by molar-refractivity contribution is 5.94. The summed E-state index contributed by atoms with van der Waals surface area (Å²) in [6.07, 6.45) is 0.264. The van der Waals surface area contributed by atoms with Crippen LogP contribution >= 0.6 is 0 Å². The number of aliphatic hydroxyl groups is 1. The maximum absolute atomic E-state index is 11.7. The molecular formula is C10H14N4O4. The number of nitrogens with one attached hydrogen (secondary N) is 1. The monoisotopic (exact) mass is 254 g/mol. The second-order valence-corrected chi connectivity index (χ2v) is 3.96. The number of hydrogen-bond acceptors (Lipinski definition) is 6. The molecule has 1 unspecified atom stereocenters. The number of rotatable bonds is 4. The van der Waals surface area contributed by atoms with Gasteiger partial charge in [-0.2, -0.15) is 4.98 Å². The van der Waals surface area contributed by atoms with E-state index in [9.17, 15) is 9.59 Å². The zero-order valence-electron chi connectivity index (χ0n) is 9.92. The molecular weight excluding hydrogens is 240 g/mol. The third-order valence-corrected chi connectivity index (χ3v) is 2.65. The van der Waals surface area contributed by atoms with E-state index in [4.69, 9.17) is 9.84 Å². The molecule has 0 aliphatic carbocycles. The number of nitrogens with zero attached hydrogens (tertiary/aromatic N) is 3. The highest BCUT2D eigenvalue weighted by Crippen LogP contribution is 2.21. The minimum atomic E-state index is -0.610. The molecule has 1 atom stereocenters. The summed E-state index contributed by atoms with van der Waals surface area (Å²) in [6.45, 7) is 2.22. The van der Waals surface area contributed by atoms with E-state index in [1.54, 1.807) is 6.92 Å². The average Bonchev–Trinajstić information content (AvgIpc) is 2.95. The van der Waals surface area contributed by atoms with Gasteiger partial charge in [-0.05, 0) is 6.92 Å². The quantitative estimate of drug-likeness (QED) is 0.689. The van der Waals surface area contributed by atoms with E-state index in [2.05, 4.69) is 15.2 Å². The molecule has 1 aliphatic rings. The van der Waals surface area contributed by atoms with Crippen molar-refractivity contribution in [3.8, 4) is 0 Å². The number of aliphatic hydroxyl groups excluding tert-OH is 1. The fraction of sp³-hybridized carbons (Fsp3) is 0.600. The van der Waals surface area contributed by atoms with E-state index in [1.165, 1.54) is 4.90 Å². The van der Waals surface area contributed by atoms with Crippen molar-refractivity contribution in [2.75, 3.05) is 24.7 Å². The summed E-state index contributed by atoms with van der Waals surface area (Å²) in [6, 6.07) is 0. The van der Waals surface area contributed by atoms with Gasteiger partial charge in [0, 0.05) is 25.5 Å². The van der Waals surface area contributed by atoms with Crippen LogP contribution < -0.4 is 4.90 Å². The lowest BCUT2D eigenvalue weighted by Gasteiger charge is -2.10. The van der Waals surface area contributed by atoms with Crippen LogP contribution in [-0.2, 0) is 9.53 Å². The molecule has 1 fully saturated rings. The first kappa shape index (κ1) is 12.5. The van der Waals surface area contributed by atoms with Crippen molar-refractivity contribution in [3.63, 3.8) is 0 Å². The number of carbonyl (C=O) groups excluding carboxylic acids is 2.